The maximum absolute atomic E-state index is 11.7. The Balaban J connectivity index is 2.37. The summed E-state index contributed by atoms with van der Waals surface area (Å²) in [6, 6.07) is 0. The van der Waals surface area contributed by atoms with Crippen LogP contribution in [0.4, 0.5) is 13.2 Å². The Morgan fingerprint density at radius 2 is 2.17 bits per heavy atom. The number of amides is 1. The molecule has 1 amide bonds. The fraction of sp³-hybridized carbons (Fsp3) is 0.833. The Bertz CT molecular complexity index is 176. The summed E-state index contributed by atoms with van der Waals surface area (Å²) in [6.07, 6.45) is -5.70. The second-order valence-electron chi connectivity index (χ2n) is 2.49. The largest absolute Gasteiger partial charge is 0.397 e. The molecule has 0 saturated carbocycles. The van der Waals surface area contributed by atoms with Gasteiger partial charge in [-0.1, -0.05) is 0 Å². The Kier molecular flexibility index (Phi) is 2.87. The van der Waals surface area contributed by atoms with Gasteiger partial charge in [0.2, 0.25) is 5.91 Å². The van der Waals surface area contributed by atoms with Gasteiger partial charge >= 0.3 is 6.18 Å². The maximum atomic E-state index is 11.7. The minimum atomic E-state index is -4.37. The number of halogens is 3. The van der Waals surface area contributed by atoms with Crippen molar-refractivity contribution in [3.05, 3.63) is 0 Å². The van der Waals surface area contributed by atoms with Crippen molar-refractivity contribution in [2.45, 2.75) is 12.6 Å². The Hall–Kier alpha value is -0.390. The topological polar surface area (TPSA) is 20.3 Å². The quantitative estimate of drug-likeness (QED) is 0.637. The zero-order chi connectivity index (χ0) is 9.19. The van der Waals surface area contributed by atoms with Gasteiger partial charge in [-0.15, -0.1) is 11.8 Å². The molecule has 0 aromatic rings. The molecule has 70 valence electrons. The standard InChI is InChI=1S/C6H8F3NOS/c7-6(8,9)3-5(11)10-1-2-12-4-10/h1-4H2. The smallest absolute Gasteiger partial charge is 0.332 e. The highest BCUT2D eigenvalue weighted by Crippen LogP contribution is 2.23. The molecule has 0 aliphatic carbocycles. The van der Waals surface area contributed by atoms with Crippen LogP contribution in [0.15, 0.2) is 0 Å². The van der Waals surface area contributed by atoms with E-state index in [0.717, 1.165) is 5.75 Å². The normalized spacial score (nSPS) is 18.4. The number of alkyl halides is 3. The van der Waals surface area contributed by atoms with Gasteiger partial charge in [0.1, 0.15) is 6.42 Å². The molecule has 0 bridgehead atoms. The van der Waals surface area contributed by atoms with Crippen molar-refractivity contribution in [1.29, 1.82) is 0 Å². The molecule has 0 atom stereocenters. The van der Waals surface area contributed by atoms with E-state index < -0.39 is 18.5 Å². The van der Waals surface area contributed by atoms with Gasteiger partial charge in [0.05, 0.1) is 5.88 Å². The van der Waals surface area contributed by atoms with Gasteiger partial charge < -0.3 is 4.90 Å². The predicted octanol–water partition coefficient (Wildman–Crippen LogP) is 1.47. The molecule has 1 aliphatic rings. The highest BCUT2D eigenvalue weighted by molar-refractivity contribution is 7.99. The van der Waals surface area contributed by atoms with E-state index >= 15 is 0 Å². The van der Waals surface area contributed by atoms with Gasteiger partial charge in [-0.3, -0.25) is 4.79 Å². The summed E-state index contributed by atoms with van der Waals surface area (Å²) in [4.78, 5) is 12.1. The minimum absolute atomic E-state index is 0.398. The van der Waals surface area contributed by atoms with Crippen molar-refractivity contribution >= 4 is 17.7 Å². The first-order valence-corrected chi connectivity index (χ1v) is 4.57. The molecule has 0 spiro atoms. The first-order chi connectivity index (χ1) is 5.49. The molecule has 0 N–H and O–H groups in total. The molecule has 0 unspecified atom stereocenters. The molecule has 1 saturated heterocycles. The van der Waals surface area contributed by atoms with Crippen LogP contribution in [-0.4, -0.2) is 35.2 Å². The van der Waals surface area contributed by atoms with Crippen LogP contribution < -0.4 is 0 Å². The summed E-state index contributed by atoms with van der Waals surface area (Å²) in [5.41, 5.74) is 0. The van der Waals surface area contributed by atoms with Gasteiger partial charge in [-0.25, -0.2) is 0 Å². The van der Waals surface area contributed by atoms with Crippen molar-refractivity contribution in [2.75, 3.05) is 18.2 Å². The number of nitrogens with zero attached hydrogens (tertiary/aromatic N) is 1. The Labute approximate surface area is 72.1 Å². The van der Waals surface area contributed by atoms with Crippen LogP contribution in [0.3, 0.4) is 0 Å². The maximum Gasteiger partial charge on any atom is 0.397 e. The molecule has 6 heteroatoms. The monoisotopic (exact) mass is 199 g/mol. The molecule has 1 fully saturated rings. The molecule has 0 aromatic carbocycles. The van der Waals surface area contributed by atoms with Gasteiger partial charge in [0, 0.05) is 12.3 Å². The lowest BCUT2D eigenvalue weighted by Crippen LogP contribution is -2.31. The summed E-state index contributed by atoms with van der Waals surface area (Å²) in [5, 5.41) is 0. The number of carbonyl (C=O) groups is 1. The zero-order valence-corrected chi connectivity index (χ0v) is 7.04. The average Bonchev–Trinajstić information content (AvgIpc) is 2.32. The van der Waals surface area contributed by atoms with E-state index in [9.17, 15) is 18.0 Å². The molecule has 0 radical (unpaired) electrons. The molecule has 12 heavy (non-hydrogen) atoms. The summed E-state index contributed by atoms with van der Waals surface area (Å²) in [5.74, 6) is 0.325. The molecular weight excluding hydrogens is 191 g/mol. The van der Waals surface area contributed by atoms with Crippen LogP contribution in [0.2, 0.25) is 0 Å². The fourth-order valence-corrected chi connectivity index (χ4v) is 1.87. The van der Waals surface area contributed by atoms with Crippen LogP contribution >= 0.6 is 11.8 Å². The van der Waals surface area contributed by atoms with Crippen molar-refractivity contribution in [2.24, 2.45) is 0 Å². The second kappa shape index (κ2) is 3.55. The van der Waals surface area contributed by atoms with E-state index in [-0.39, 0.29) is 0 Å². The molecule has 1 heterocycles. The molecular formula is C6H8F3NOS. The van der Waals surface area contributed by atoms with Crippen molar-refractivity contribution in [1.82, 2.24) is 4.90 Å². The lowest BCUT2D eigenvalue weighted by Gasteiger charge is -2.15. The minimum Gasteiger partial charge on any atom is -0.332 e. The third-order valence-corrected chi connectivity index (χ3v) is 2.42. The fourth-order valence-electron chi connectivity index (χ4n) is 0.894. The predicted molar refractivity (Wildman–Crippen MR) is 39.7 cm³/mol. The molecule has 1 rings (SSSR count). The van der Waals surface area contributed by atoms with Crippen LogP contribution in [0.25, 0.3) is 0 Å². The summed E-state index contributed by atoms with van der Waals surface area (Å²) < 4.78 is 35.1. The van der Waals surface area contributed by atoms with E-state index in [2.05, 4.69) is 0 Å². The highest BCUT2D eigenvalue weighted by atomic mass is 32.2. The van der Waals surface area contributed by atoms with E-state index in [1.54, 1.807) is 0 Å². The lowest BCUT2D eigenvalue weighted by atomic mass is 10.3. The van der Waals surface area contributed by atoms with E-state index in [4.69, 9.17) is 0 Å². The lowest BCUT2D eigenvalue weighted by molar-refractivity contribution is -0.160. The number of hydrogen-bond acceptors (Lipinski definition) is 2. The number of rotatable bonds is 1. The first kappa shape index (κ1) is 9.70. The summed E-state index contributed by atoms with van der Waals surface area (Å²) in [6.45, 7) is 0.444. The van der Waals surface area contributed by atoms with Gasteiger partial charge in [0.15, 0.2) is 0 Å². The Morgan fingerprint density at radius 3 is 2.58 bits per heavy atom. The van der Waals surface area contributed by atoms with Crippen molar-refractivity contribution < 1.29 is 18.0 Å². The molecule has 1 aliphatic heterocycles. The Morgan fingerprint density at radius 1 is 1.50 bits per heavy atom. The molecule has 2 nitrogen and oxygen atoms in total. The summed E-state index contributed by atoms with van der Waals surface area (Å²) in [7, 11) is 0. The number of carbonyl (C=O) groups excluding carboxylic acids is 1. The van der Waals surface area contributed by atoms with Crippen molar-refractivity contribution in [3.63, 3.8) is 0 Å². The second-order valence-corrected chi connectivity index (χ2v) is 3.56. The van der Waals surface area contributed by atoms with Crippen LogP contribution in [0.5, 0.6) is 0 Å². The van der Waals surface area contributed by atoms with Crippen LogP contribution in [0.1, 0.15) is 6.42 Å². The number of hydrogen-bond donors (Lipinski definition) is 0. The summed E-state index contributed by atoms with van der Waals surface area (Å²) >= 11 is 1.47. The van der Waals surface area contributed by atoms with Crippen LogP contribution in [-0.2, 0) is 4.79 Å². The van der Waals surface area contributed by atoms with Gasteiger partial charge in [0.25, 0.3) is 0 Å². The van der Waals surface area contributed by atoms with E-state index in [0.29, 0.717) is 12.4 Å². The SMILES string of the molecule is O=C(CC(F)(F)F)N1CCSC1. The van der Waals surface area contributed by atoms with Crippen LogP contribution in [0, 0.1) is 0 Å². The molecule has 0 aromatic heterocycles. The third-order valence-electron chi connectivity index (χ3n) is 1.46. The number of thioether (sulfide) groups is 1. The van der Waals surface area contributed by atoms with Gasteiger partial charge in [-0.2, -0.15) is 13.2 Å². The van der Waals surface area contributed by atoms with Crippen molar-refractivity contribution in [3.8, 4) is 0 Å². The first-order valence-electron chi connectivity index (χ1n) is 3.41. The van der Waals surface area contributed by atoms with Gasteiger partial charge in [-0.05, 0) is 0 Å². The average molecular weight is 199 g/mol. The highest BCUT2D eigenvalue weighted by Gasteiger charge is 2.34. The van der Waals surface area contributed by atoms with E-state index in [1.165, 1.54) is 16.7 Å². The third kappa shape index (κ3) is 2.92. The zero-order valence-electron chi connectivity index (χ0n) is 6.23. The van der Waals surface area contributed by atoms with E-state index in [1.807, 2.05) is 0 Å².